The summed E-state index contributed by atoms with van der Waals surface area (Å²) in [6.45, 7) is 0. The normalized spacial score (nSPS) is 17.5. The second-order valence-electron chi connectivity index (χ2n) is 11.4. The van der Waals surface area contributed by atoms with Crippen LogP contribution in [0.1, 0.15) is 0 Å². The lowest BCUT2D eigenvalue weighted by Crippen LogP contribution is -2.74. The summed E-state index contributed by atoms with van der Waals surface area (Å²) in [6, 6.07) is 0. The Hall–Kier alpha value is 19.6. The highest BCUT2D eigenvalue weighted by Gasteiger charge is 2.85. The van der Waals surface area contributed by atoms with Crippen molar-refractivity contribution in [3.63, 3.8) is 0 Å². The number of hydrogen-bond acceptors (Lipinski definition) is 1. The molecule has 0 saturated heterocycles. The van der Waals surface area contributed by atoms with E-state index in [-0.39, 0.29) is 0 Å². The summed E-state index contributed by atoms with van der Waals surface area (Å²) in [5.41, 5.74) is 0. The number of hydrogen-bond donors (Lipinski definition) is 1. The van der Waals surface area contributed by atoms with Crippen molar-refractivity contribution in [1.82, 2.24) is 0 Å². The first-order valence-electron chi connectivity index (χ1n) is 12.7. The van der Waals surface area contributed by atoms with Crippen LogP contribution in [0.4, 0.5) is 0 Å². The summed E-state index contributed by atoms with van der Waals surface area (Å²) in [5.74, 6) is 0. The van der Waals surface area contributed by atoms with Gasteiger partial charge in [-0.2, -0.15) is 0 Å². The Bertz CT molecular complexity index is 1510. The van der Waals surface area contributed by atoms with Crippen LogP contribution in [0.25, 0.3) is 0 Å². The standard InChI is InChI=1S/C20HBr41O/c21-1(22,3(25,26)5(29,30)7(33,34)9(37,38)11(41,42)13(45,46)15(49,50)17(53,54)19(57,58)59)2(23,24)4(27,28)6(31,32)8(35,36)10(39,40)12(43,44)14(47,48)16(51,52)18(55,56)20(60,61)62/h62H. The van der Waals surface area contributed by atoms with Crippen LogP contribution < -0.4 is 0 Å². The predicted octanol–water partition coefficient (Wildman–Crippen LogP) is 30.0. The summed E-state index contributed by atoms with van der Waals surface area (Å²) >= 11 is 159. The van der Waals surface area contributed by atoms with Crippen molar-refractivity contribution in [2.45, 2.75) is 63.8 Å². The van der Waals surface area contributed by atoms with Gasteiger partial charge in [-0.25, -0.2) is 0 Å². The van der Waals surface area contributed by atoms with Crippen molar-refractivity contribution >= 4 is 653 Å². The van der Waals surface area contributed by atoms with Gasteiger partial charge in [0.1, 0.15) is 55.0 Å². The Labute approximate surface area is 703 Å². The first-order valence-corrected chi connectivity index (χ1v) is 45.2. The largest absolute Gasteiger partial charge is 0.368 e. The van der Waals surface area contributed by atoms with Crippen LogP contribution in [0, 0.1) is 0 Å². The molecule has 1 N–H and O–H groups in total. The van der Waals surface area contributed by atoms with Crippen molar-refractivity contribution in [1.29, 1.82) is 0 Å². The Morgan fingerprint density at radius 1 is 0.129 bits per heavy atom. The van der Waals surface area contributed by atoms with E-state index in [0.717, 1.165) is 0 Å². The first kappa shape index (κ1) is 81.6. The minimum absolute atomic E-state index is 0.931. The highest BCUT2D eigenvalue weighted by Crippen LogP contribution is 2.85. The lowest BCUT2D eigenvalue weighted by Gasteiger charge is -2.62. The van der Waals surface area contributed by atoms with E-state index in [0.29, 0.717) is 0 Å². The molecule has 0 radical (unpaired) electrons. The van der Waals surface area contributed by atoms with Gasteiger partial charge in [0.05, 0.1) is 0 Å². The van der Waals surface area contributed by atoms with Gasteiger partial charge in [0.15, 0.2) is 5.38 Å². The second kappa shape index (κ2) is 26.2. The lowest BCUT2D eigenvalue weighted by atomic mass is 10.0. The molecule has 0 rings (SSSR count). The molecule has 0 bridgehead atoms. The Kier molecular flexibility index (Phi) is 34.5. The zero-order valence-corrected chi connectivity index (χ0v) is 91.0. The zero-order valence-electron chi connectivity index (χ0n) is 25.9. The van der Waals surface area contributed by atoms with E-state index in [9.17, 15) is 5.11 Å². The highest BCUT2D eigenvalue weighted by atomic mass is 80.0. The lowest BCUT2D eigenvalue weighted by molar-refractivity contribution is 0.228. The smallest absolute Gasteiger partial charge is 0.202 e. The van der Waals surface area contributed by atoms with Crippen LogP contribution in [0.5, 0.6) is 0 Å². The van der Waals surface area contributed by atoms with Gasteiger partial charge in [0, 0.05) is 0 Å². The molecule has 0 aliphatic heterocycles. The van der Waals surface area contributed by atoms with E-state index < -0.39 is 63.8 Å². The average molecular weight is 3530 g/mol. The number of alkyl halides is 41. The van der Waals surface area contributed by atoms with E-state index in [4.69, 9.17) is 0 Å². The van der Waals surface area contributed by atoms with E-state index in [1.54, 1.807) is 0 Å². The predicted molar refractivity (Wildman–Crippen MR) is 423 cm³/mol. The van der Waals surface area contributed by atoms with E-state index in [1.165, 1.54) is 0 Å². The number of halogens is 41. The third-order valence-corrected chi connectivity index (χ3v) is 94.7. The maximum atomic E-state index is 11.1. The van der Waals surface area contributed by atoms with Crippen LogP contribution in [0.2, 0.25) is 0 Å². The number of rotatable bonds is 18. The minimum Gasteiger partial charge on any atom is -0.368 e. The fourth-order valence-electron chi connectivity index (χ4n) is 3.52. The molecule has 374 valence electrons. The fraction of sp³-hybridized carbons (Fsp3) is 1.00. The highest BCUT2D eigenvalue weighted by molar-refractivity contribution is 9.43. The summed E-state index contributed by atoms with van der Waals surface area (Å²) in [5, 5.41) is 11.1. The van der Waals surface area contributed by atoms with Gasteiger partial charge >= 0.3 is 0 Å². The van der Waals surface area contributed by atoms with Gasteiger partial charge in [-0.05, 0) is 31.9 Å². The van der Waals surface area contributed by atoms with Crippen molar-refractivity contribution in [2.24, 2.45) is 0 Å². The second-order valence-corrected chi connectivity index (χ2v) is 83.5. The van der Waals surface area contributed by atoms with Gasteiger partial charge in [-0.1, -0.05) is 621 Å². The molecule has 0 aromatic rings. The SMILES string of the molecule is OC(Br)(Br)C(Br)(Br)C(Br)(Br)C(Br)(Br)C(Br)(Br)C(Br)(Br)C(Br)(Br)C(Br)(Br)C(Br)(Br)C(Br)(Br)C(Br)(Br)C(Br)(Br)C(Br)(Br)C(Br)(Br)C(Br)(Br)C(Br)(Br)C(Br)(Br)C(Br)(Br)C(Br)(Br)C(Br)(Br)Br. The molecule has 0 aromatic carbocycles. The monoisotopic (exact) mass is 3490 g/mol. The summed E-state index contributed by atoms with van der Waals surface area (Å²) < 4.78 is -26.9. The molecule has 0 heterocycles. The summed E-state index contributed by atoms with van der Waals surface area (Å²) in [7, 11) is 0. The Morgan fingerprint density at radius 2 is 0.210 bits per heavy atom. The molecule has 0 amide bonds. The zero-order chi connectivity index (χ0) is 52.0. The van der Waals surface area contributed by atoms with Crippen LogP contribution in [-0.4, -0.2) is 68.9 Å². The minimum atomic E-state index is -1.74. The quantitative estimate of drug-likeness (QED) is 0.136. The first-order chi connectivity index (χ1) is 25.8. The molecule has 1 nitrogen and oxygen atoms in total. The maximum absolute atomic E-state index is 11.1. The molecule has 0 fully saturated rings. The van der Waals surface area contributed by atoms with Gasteiger partial charge in [-0.15, -0.1) is 0 Å². The molecular formula is C20HBr41O. The van der Waals surface area contributed by atoms with Gasteiger partial charge in [0.25, 0.3) is 0 Å². The molecule has 62 heavy (non-hydrogen) atoms. The topological polar surface area (TPSA) is 20.2 Å². The third kappa shape index (κ3) is 13.6. The molecule has 0 aliphatic rings. The molecule has 42 heteroatoms. The molecule has 0 unspecified atom stereocenters. The van der Waals surface area contributed by atoms with Crippen LogP contribution in [0.15, 0.2) is 0 Å². The van der Waals surface area contributed by atoms with Gasteiger partial charge in [0.2, 0.25) is 3.42 Å². The maximum Gasteiger partial charge on any atom is 0.202 e. The average Bonchev–Trinajstić information content (AvgIpc) is 3.01. The molecular weight excluding hydrogens is 3530 g/mol. The molecule has 0 atom stereocenters. The van der Waals surface area contributed by atoms with Crippen molar-refractivity contribution in [2.75, 3.05) is 0 Å². The fourth-order valence-corrected chi connectivity index (χ4v) is 44.9. The Balaban J connectivity index is 7.98. The van der Waals surface area contributed by atoms with Crippen LogP contribution in [0.3, 0.4) is 0 Å². The molecule has 0 aromatic heterocycles. The van der Waals surface area contributed by atoms with Crippen molar-refractivity contribution in [3.8, 4) is 0 Å². The summed E-state index contributed by atoms with van der Waals surface area (Å²) in [4.78, 5) is 0. The van der Waals surface area contributed by atoms with Gasteiger partial charge in [-0.3, -0.25) is 0 Å². The van der Waals surface area contributed by atoms with E-state index in [2.05, 4.69) is 653 Å². The van der Waals surface area contributed by atoms with E-state index in [1.807, 2.05) is 0 Å². The van der Waals surface area contributed by atoms with Crippen LogP contribution in [-0.2, 0) is 0 Å². The van der Waals surface area contributed by atoms with Crippen LogP contribution >= 0.6 is 653 Å². The van der Waals surface area contributed by atoms with E-state index >= 15 is 0 Å². The molecule has 0 saturated carbocycles. The summed E-state index contributed by atoms with van der Waals surface area (Å²) in [6.07, 6.45) is 0. The third-order valence-electron chi connectivity index (χ3n) is 7.44. The van der Waals surface area contributed by atoms with Crippen molar-refractivity contribution in [3.05, 3.63) is 0 Å². The number of aliphatic hydroxyl groups is 1. The Morgan fingerprint density at radius 3 is 0.290 bits per heavy atom. The molecule has 0 spiro atoms. The molecule has 0 aliphatic carbocycles. The van der Waals surface area contributed by atoms with Crippen molar-refractivity contribution < 1.29 is 5.11 Å². The van der Waals surface area contributed by atoms with Gasteiger partial charge < -0.3 is 5.11 Å².